The third-order valence-corrected chi connectivity index (χ3v) is 7.25. The third-order valence-electron chi connectivity index (χ3n) is 6.51. The number of carbonyl (C=O) groups excluding carboxylic acids is 2. The highest BCUT2D eigenvalue weighted by molar-refractivity contribution is 6.42. The molecule has 0 bridgehead atoms. The molecule has 2 aromatic carbocycles. The molecule has 6 nitrogen and oxygen atoms in total. The van der Waals surface area contributed by atoms with Crippen LogP contribution >= 0.6 is 23.2 Å². The summed E-state index contributed by atoms with van der Waals surface area (Å²) in [5.74, 6) is 0.628. The van der Waals surface area contributed by atoms with Gasteiger partial charge in [0.05, 0.1) is 17.2 Å². The lowest BCUT2D eigenvalue weighted by molar-refractivity contribution is -0.126. The van der Waals surface area contributed by atoms with Crippen molar-refractivity contribution in [1.82, 2.24) is 15.1 Å². The summed E-state index contributed by atoms with van der Waals surface area (Å²) in [6, 6.07) is 13.1. The van der Waals surface area contributed by atoms with Gasteiger partial charge in [-0.2, -0.15) is 0 Å². The van der Waals surface area contributed by atoms with Gasteiger partial charge < -0.3 is 19.9 Å². The summed E-state index contributed by atoms with van der Waals surface area (Å²) in [5.41, 5.74) is 1.71. The molecule has 1 atom stereocenters. The number of hydrogen-bond acceptors (Lipinski definition) is 4. The molecule has 0 aromatic heterocycles. The Morgan fingerprint density at radius 3 is 2.68 bits per heavy atom. The molecular weight excluding hydrogens is 509 g/mol. The van der Waals surface area contributed by atoms with Crippen LogP contribution in [0.1, 0.15) is 36.8 Å². The lowest BCUT2D eigenvalue weighted by atomic mass is 10.1. The quantitative estimate of drug-likeness (QED) is 0.281. The summed E-state index contributed by atoms with van der Waals surface area (Å²) in [6.45, 7) is 3.53. The molecule has 198 valence electrons. The lowest BCUT2D eigenvalue weighted by Crippen LogP contribution is -2.38. The van der Waals surface area contributed by atoms with Gasteiger partial charge in [-0.05, 0) is 61.7 Å². The van der Waals surface area contributed by atoms with Crippen molar-refractivity contribution in [2.75, 3.05) is 40.3 Å². The first-order valence-corrected chi connectivity index (χ1v) is 13.3. The first-order chi connectivity index (χ1) is 17.9. The Labute approximate surface area is 229 Å². The van der Waals surface area contributed by atoms with Gasteiger partial charge in [0.1, 0.15) is 5.75 Å². The SMILES string of the molecule is COc1ccccc1/C=C/C(=O)N(C)C1CCN(CCCCCNC(=O)/C=C/c2ccc(Cl)c(Cl)c2)C1. The van der Waals surface area contributed by atoms with Crippen LogP contribution in [0.5, 0.6) is 5.75 Å². The van der Waals surface area contributed by atoms with E-state index in [9.17, 15) is 9.59 Å². The van der Waals surface area contributed by atoms with Gasteiger partial charge in [-0.3, -0.25) is 9.59 Å². The number of nitrogens with zero attached hydrogens (tertiary/aromatic N) is 2. The van der Waals surface area contributed by atoms with Crippen LogP contribution in [0, 0.1) is 0 Å². The van der Waals surface area contributed by atoms with Crippen LogP contribution in [-0.2, 0) is 9.59 Å². The van der Waals surface area contributed by atoms with Crippen molar-refractivity contribution in [3.63, 3.8) is 0 Å². The normalized spacial score (nSPS) is 15.9. The number of halogens is 2. The van der Waals surface area contributed by atoms with Gasteiger partial charge in [0.2, 0.25) is 11.8 Å². The molecule has 1 aliphatic rings. The van der Waals surface area contributed by atoms with Crippen LogP contribution < -0.4 is 10.1 Å². The Balaban J connectivity index is 1.29. The number of nitrogens with one attached hydrogen (secondary N) is 1. The second kappa shape index (κ2) is 14.8. The molecule has 1 fully saturated rings. The fourth-order valence-corrected chi connectivity index (χ4v) is 4.60. The molecule has 37 heavy (non-hydrogen) atoms. The number of hydrogen-bond donors (Lipinski definition) is 1. The van der Waals surface area contributed by atoms with E-state index >= 15 is 0 Å². The first-order valence-electron chi connectivity index (χ1n) is 12.6. The number of para-hydroxylation sites is 1. The van der Waals surface area contributed by atoms with E-state index < -0.39 is 0 Å². The topological polar surface area (TPSA) is 61.9 Å². The van der Waals surface area contributed by atoms with Crippen LogP contribution in [0.25, 0.3) is 12.2 Å². The Kier molecular flexibility index (Phi) is 11.5. The van der Waals surface area contributed by atoms with E-state index in [4.69, 9.17) is 27.9 Å². The van der Waals surface area contributed by atoms with Gasteiger partial charge in [0.15, 0.2) is 0 Å². The van der Waals surface area contributed by atoms with Crippen LogP contribution in [0.4, 0.5) is 0 Å². The maximum atomic E-state index is 12.7. The molecule has 2 aromatic rings. The fourth-order valence-electron chi connectivity index (χ4n) is 4.29. The van der Waals surface area contributed by atoms with E-state index in [1.165, 1.54) is 6.08 Å². The van der Waals surface area contributed by atoms with Crippen molar-refractivity contribution in [2.24, 2.45) is 0 Å². The Morgan fingerprint density at radius 2 is 1.89 bits per heavy atom. The maximum absolute atomic E-state index is 12.7. The highest BCUT2D eigenvalue weighted by Crippen LogP contribution is 2.23. The predicted molar refractivity (Wildman–Crippen MR) is 152 cm³/mol. The van der Waals surface area contributed by atoms with Gasteiger partial charge in [0, 0.05) is 50.4 Å². The number of rotatable bonds is 12. The van der Waals surface area contributed by atoms with E-state index in [1.54, 1.807) is 31.4 Å². The Morgan fingerprint density at radius 1 is 1.08 bits per heavy atom. The number of unbranched alkanes of at least 4 members (excludes halogenated alkanes) is 2. The molecule has 1 heterocycles. The minimum Gasteiger partial charge on any atom is -0.496 e. The molecule has 8 heteroatoms. The zero-order chi connectivity index (χ0) is 26.6. The van der Waals surface area contributed by atoms with Crippen molar-refractivity contribution in [1.29, 1.82) is 0 Å². The molecule has 1 aliphatic heterocycles. The number of ether oxygens (including phenoxy) is 1. The maximum Gasteiger partial charge on any atom is 0.246 e. The lowest BCUT2D eigenvalue weighted by Gasteiger charge is -2.24. The van der Waals surface area contributed by atoms with Crippen LogP contribution in [0.2, 0.25) is 10.0 Å². The average Bonchev–Trinajstić information content (AvgIpc) is 3.38. The van der Waals surface area contributed by atoms with Gasteiger partial charge in [-0.25, -0.2) is 0 Å². The minimum atomic E-state index is -0.124. The molecule has 0 spiro atoms. The second-order valence-corrected chi connectivity index (χ2v) is 9.94. The molecule has 1 saturated heterocycles. The number of carbonyl (C=O) groups is 2. The predicted octanol–water partition coefficient (Wildman–Crippen LogP) is 5.55. The van der Waals surface area contributed by atoms with E-state index in [-0.39, 0.29) is 17.9 Å². The Hall–Kier alpha value is -2.80. The molecule has 1 unspecified atom stereocenters. The summed E-state index contributed by atoms with van der Waals surface area (Å²) in [5, 5.41) is 3.87. The van der Waals surface area contributed by atoms with Crippen LogP contribution in [0.15, 0.2) is 54.6 Å². The van der Waals surface area contributed by atoms with Crippen LogP contribution in [-0.4, -0.2) is 68.0 Å². The molecule has 0 saturated carbocycles. The molecule has 0 radical (unpaired) electrons. The number of methoxy groups -OCH3 is 1. The van der Waals surface area contributed by atoms with Gasteiger partial charge in [0.25, 0.3) is 0 Å². The zero-order valence-electron chi connectivity index (χ0n) is 21.5. The number of amides is 2. The third kappa shape index (κ3) is 9.22. The van der Waals surface area contributed by atoms with Crippen molar-refractivity contribution in [2.45, 2.75) is 31.7 Å². The largest absolute Gasteiger partial charge is 0.496 e. The van der Waals surface area contributed by atoms with E-state index in [1.807, 2.05) is 48.4 Å². The van der Waals surface area contributed by atoms with Crippen molar-refractivity contribution in [3.05, 3.63) is 75.8 Å². The molecule has 1 N–H and O–H groups in total. The van der Waals surface area contributed by atoms with E-state index in [0.29, 0.717) is 16.6 Å². The highest BCUT2D eigenvalue weighted by atomic mass is 35.5. The Bertz CT molecular complexity index is 1120. The van der Waals surface area contributed by atoms with Gasteiger partial charge in [-0.1, -0.05) is 53.9 Å². The summed E-state index contributed by atoms with van der Waals surface area (Å²) < 4.78 is 5.35. The minimum absolute atomic E-state index is 0.00158. The second-order valence-electron chi connectivity index (χ2n) is 9.13. The first kappa shape index (κ1) is 28.8. The van der Waals surface area contributed by atoms with Crippen molar-refractivity contribution < 1.29 is 14.3 Å². The average molecular weight is 545 g/mol. The number of likely N-dealkylation sites (tertiary alicyclic amines) is 1. The monoisotopic (exact) mass is 543 g/mol. The molecule has 2 amide bonds. The molecular formula is C29H35Cl2N3O3. The number of benzene rings is 2. The van der Waals surface area contributed by atoms with Gasteiger partial charge >= 0.3 is 0 Å². The highest BCUT2D eigenvalue weighted by Gasteiger charge is 2.27. The summed E-state index contributed by atoms with van der Waals surface area (Å²) >= 11 is 11.9. The fraction of sp³-hybridized carbons (Fsp3) is 0.379. The standard InChI is InChI=1S/C29H35Cl2N3O3/c1-33(29(36)15-12-23-8-4-5-9-27(23)37-2)24-16-19-34(21-24)18-7-3-6-17-32-28(35)14-11-22-10-13-25(30)26(31)20-22/h4-5,8-15,20,24H,3,6-7,16-19,21H2,1-2H3,(H,32,35)/b14-11+,15-12+. The van der Waals surface area contributed by atoms with Crippen LogP contribution in [0.3, 0.4) is 0 Å². The zero-order valence-corrected chi connectivity index (χ0v) is 23.0. The summed E-state index contributed by atoms with van der Waals surface area (Å²) in [6.07, 6.45) is 10.7. The smallest absolute Gasteiger partial charge is 0.246 e. The molecule has 3 rings (SSSR count). The summed E-state index contributed by atoms with van der Waals surface area (Å²) in [4.78, 5) is 29.0. The van der Waals surface area contributed by atoms with Crippen molar-refractivity contribution in [3.8, 4) is 5.75 Å². The number of likely N-dealkylation sites (N-methyl/N-ethyl adjacent to an activating group) is 1. The van der Waals surface area contributed by atoms with E-state index in [2.05, 4.69) is 10.2 Å². The molecule has 0 aliphatic carbocycles. The summed E-state index contributed by atoms with van der Waals surface area (Å²) in [7, 11) is 3.50. The van der Waals surface area contributed by atoms with Gasteiger partial charge in [-0.15, -0.1) is 0 Å². The van der Waals surface area contributed by atoms with Crippen molar-refractivity contribution >= 4 is 47.2 Å². The van der Waals surface area contributed by atoms with E-state index in [0.717, 1.165) is 62.2 Å².